The second-order valence-corrected chi connectivity index (χ2v) is 5.77. The summed E-state index contributed by atoms with van der Waals surface area (Å²) in [6.45, 7) is 3.97. The lowest BCUT2D eigenvalue weighted by Gasteiger charge is -2.18. The van der Waals surface area contributed by atoms with Crippen LogP contribution in [0.25, 0.3) is 0 Å². The SMILES string of the molecule is COc1ccc(C)cc1C(C)NC(=O)c1ccccc1Br. The number of carbonyl (C=O) groups is 1. The van der Waals surface area contributed by atoms with Crippen LogP contribution in [0.3, 0.4) is 0 Å². The Bertz CT molecular complexity index is 655. The number of aryl methyl sites for hydroxylation is 1. The highest BCUT2D eigenvalue weighted by molar-refractivity contribution is 9.10. The molecule has 0 heterocycles. The largest absolute Gasteiger partial charge is 0.496 e. The van der Waals surface area contributed by atoms with Crippen molar-refractivity contribution in [1.82, 2.24) is 5.32 Å². The molecule has 0 aromatic heterocycles. The third-order valence-corrected chi connectivity index (χ3v) is 4.01. The summed E-state index contributed by atoms with van der Waals surface area (Å²) in [5, 5.41) is 3.01. The molecule has 0 saturated carbocycles. The summed E-state index contributed by atoms with van der Waals surface area (Å²) < 4.78 is 6.16. The van der Waals surface area contributed by atoms with Gasteiger partial charge in [-0.2, -0.15) is 0 Å². The summed E-state index contributed by atoms with van der Waals surface area (Å²) >= 11 is 3.40. The van der Waals surface area contributed by atoms with E-state index in [1.807, 2.05) is 50.2 Å². The molecular weight excluding hydrogens is 330 g/mol. The first-order valence-electron chi connectivity index (χ1n) is 6.73. The van der Waals surface area contributed by atoms with Crippen molar-refractivity contribution in [1.29, 1.82) is 0 Å². The molecule has 1 N–H and O–H groups in total. The molecule has 0 aliphatic carbocycles. The highest BCUT2D eigenvalue weighted by Gasteiger charge is 2.16. The topological polar surface area (TPSA) is 38.3 Å². The number of methoxy groups -OCH3 is 1. The standard InChI is InChI=1S/C17H18BrNO2/c1-11-8-9-16(21-3)14(10-11)12(2)19-17(20)13-6-4-5-7-15(13)18/h4-10,12H,1-3H3,(H,19,20). The van der Waals surface area contributed by atoms with Crippen LogP contribution in [0.1, 0.15) is 34.5 Å². The minimum absolute atomic E-state index is 0.112. The number of rotatable bonds is 4. The first-order valence-corrected chi connectivity index (χ1v) is 7.52. The molecule has 0 radical (unpaired) electrons. The quantitative estimate of drug-likeness (QED) is 0.897. The first-order chi connectivity index (χ1) is 10.0. The van der Waals surface area contributed by atoms with Gasteiger partial charge in [-0.15, -0.1) is 0 Å². The zero-order chi connectivity index (χ0) is 15.4. The zero-order valence-electron chi connectivity index (χ0n) is 12.3. The fraction of sp³-hybridized carbons (Fsp3) is 0.235. The molecule has 0 saturated heterocycles. The van der Waals surface area contributed by atoms with Crippen LogP contribution in [0.2, 0.25) is 0 Å². The Morgan fingerprint density at radius 3 is 2.62 bits per heavy atom. The summed E-state index contributed by atoms with van der Waals surface area (Å²) in [4.78, 5) is 12.4. The van der Waals surface area contributed by atoms with Gasteiger partial charge in [0, 0.05) is 10.0 Å². The second-order valence-electron chi connectivity index (χ2n) is 4.92. The Hall–Kier alpha value is -1.81. The number of nitrogens with one attached hydrogen (secondary N) is 1. The number of carbonyl (C=O) groups excluding carboxylic acids is 1. The summed E-state index contributed by atoms with van der Waals surface area (Å²) in [6.07, 6.45) is 0. The summed E-state index contributed by atoms with van der Waals surface area (Å²) in [6, 6.07) is 13.2. The van der Waals surface area contributed by atoms with Crippen LogP contribution in [0.5, 0.6) is 5.75 Å². The van der Waals surface area contributed by atoms with E-state index in [-0.39, 0.29) is 11.9 Å². The Morgan fingerprint density at radius 2 is 1.95 bits per heavy atom. The molecule has 2 aromatic rings. The van der Waals surface area contributed by atoms with Gasteiger partial charge < -0.3 is 10.1 Å². The van der Waals surface area contributed by atoms with Crippen molar-refractivity contribution < 1.29 is 9.53 Å². The number of benzene rings is 2. The predicted octanol–water partition coefficient (Wildman–Crippen LogP) is 4.26. The van der Waals surface area contributed by atoms with Gasteiger partial charge in [-0.25, -0.2) is 0 Å². The maximum Gasteiger partial charge on any atom is 0.252 e. The van der Waals surface area contributed by atoms with Gasteiger partial charge in [0.15, 0.2) is 0 Å². The van der Waals surface area contributed by atoms with Gasteiger partial charge in [-0.05, 0) is 48.0 Å². The summed E-state index contributed by atoms with van der Waals surface area (Å²) in [5.74, 6) is 0.666. The van der Waals surface area contributed by atoms with E-state index < -0.39 is 0 Å². The van der Waals surface area contributed by atoms with Crippen molar-refractivity contribution >= 4 is 21.8 Å². The van der Waals surface area contributed by atoms with E-state index in [2.05, 4.69) is 21.2 Å². The van der Waals surface area contributed by atoms with Crippen LogP contribution in [0, 0.1) is 6.92 Å². The van der Waals surface area contributed by atoms with Crippen LogP contribution in [-0.2, 0) is 0 Å². The highest BCUT2D eigenvalue weighted by Crippen LogP contribution is 2.26. The third-order valence-electron chi connectivity index (χ3n) is 3.32. The van der Waals surface area contributed by atoms with E-state index in [0.717, 1.165) is 21.3 Å². The molecule has 0 bridgehead atoms. The summed E-state index contributed by atoms with van der Waals surface area (Å²) in [7, 11) is 1.64. The van der Waals surface area contributed by atoms with Gasteiger partial charge in [0.05, 0.1) is 18.7 Å². The number of ether oxygens (including phenoxy) is 1. The Balaban J connectivity index is 2.22. The van der Waals surface area contributed by atoms with Crippen molar-refractivity contribution in [2.24, 2.45) is 0 Å². The molecule has 0 aliphatic rings. The molecule has 2 aromatic carbocycles. The monoisotopic (exact) mass is 347 g/mol. The number of halogens is 1. The molecule has 2 rings (SSSR count). The molecule has 21 heavy (non-hydrogen) atoms. The molecule has 0 aliphatic heterocycles. The lowest BCUT2D eigenvalue weighted by Crippen LogP contribution is -2.27. The minimum atomic E-state index is -0.139. The average molecular weight is 348 g/mol. The molecule has 4 heteroatoms. The van der Waals surface area contributed by atoms with E-state index in [4.69, 9.17) is 4.74 Å². The van der Waals surface area contributed by atoms with Crippen molar-refractivity contribution in [3.8, 4) is 5.75 Å². The number of hydrogen-bond acceptors (Lipinski definition) is 2. The van der Waals surface area contributed by atoms with Gasteiger partial charge in [0.1, 0.15) is 5.75 Å². The van der Waals surface area contributed by atoms with Gasteiger partial charge >= 0.3 is 0 Å². The molecule has 0 fully saturated rings. The van der Waals surface area contributed by atoms with Crippen LogP contribution in [-0.4, -0.2) is 13.0 Å². The second kappa shape index (κ2) is 6.76. The lowest BCUT2D eigenvalue weighted by molar-refractivity contribution is 0.0938. The maximum atomic E-state index is 12.4. The van der Waals surface area contributed by atoms with E-state index in [0.29, 0.717) is 5.56 Å². The minimum Gasteiger partial charge on any atom is -0.496 e. The smallest absolute Gasteiger partial charge is 0.252 e. The van der Waals surface area contributed by atoms with Gasteiger partial charge in [-0.3, -0.25) is 4.79 Å². The molecule has 1 unspecified atom stereocenters. The molecular formula is C17H18BrNO2. The summed E-state index contributed by atoms with van der Waals surface area (Å²) in [5.41, 5.74) is 2.72. The molecule has 1 amide bonds. The van der Waals surface area contributed by atoms with E-state index in [9.17, 15) is 4.79 Å². The van der Waals surface area contributed by atoms with Crippen LogP contribution in [0.4, 0.5) is 0 Å². The predicted molar refractivity (Wildman–Crippen MR) is 87.8 cm³/mol. The highest BCUT2D eigenvalue weighted by atomic mass is 79.9. The number of hydrogen-bond donors (Lipinski definition) is 1. The fourth-order valence-electron chi connectivity index (χ4n) is 2.19. The van der Waals surface area contributed by atoms with Crippen LogP contribution < -0.4 is 10.1 Å². The number of amides is 1. The molecule has 110 valence electrons. The zero-order valence-corrected chi connectivity index (χ0v) is 13.9. The maximum absolute atomic E-state index is 12.4. The molecule has 0 spiro atoms. The first kappa shape index (κ1) is 15.6. The normalized spacial score (nSPS) is 11.8. The van der Waals surface area contributed by atoms with Gasteiger partial charge in [0.25, 0.3) is 5.91 Å². The third kappa shape index (κ3) is 3.64. The van der Waals surface area contributed by atoms with Gasteiger partial charge in [-0.1, -0.05) is 29.8 Å². The average Bonchev–Trinajstić information content (AvgIpc) is 2.47. The van der Waals surface area contributed by atoms with E-state index in [1.165, 1.54) is 0 Å². The Labute approximate surface area is 133 Å². The fourth-order valence-corrected chi connectivity index (χ4v) is 2.65. The van der Waals surface area contributed by atoms with Crippen molar-refractivity contribution in [2.75, 3.05) is 7.11 Å². The Kier molecular flexibility index (Phi) is 5.02. The van der Waals surface area contributed by atoms with Crippen molar-refractivity contribution in [2.45, 2.75) is 19.9 Å². The van der Waals surface area contributed by atoms with Crippen LogP contribution in [0.15, 0.2) is 46.9 Å². The van der Waals surface area contributed by atoms with Crippen LogP contribution >= 0.6 is 15.9 Å². The van der Waals surface area contributed by atoms with Gasteiger partial charge in [0.2, 0.25) is 0 Å². The van der Waals surface area contributed by atoms with E-state index in [1.54, 1.807) is 13.2 Å². The van der Waals surface area contributed by atoms with Crippen molar-refractivity contribution in [3.05, 3.63) is 63.6 Å². The lowest BCUT2D eigenvalue weighted by atomic mass is 10.0. The Morgan fingerprint density at radius 1 is 1.24 bits per heavy atom. The molecule has 3 nitrogen and oxygen atoms in total. The van der Waals surface area contributed by atoms with Crippen molar-refractivity contribution in [3.63, 3.8) is 0 Å². The molecule has 1 atom stereocenters. The van der Waals surface area contributed by atoms with E-state index >= 15 is 0 Å².